The molecule has 5 nitrogen and oxygen atoms in total. The second-order valence-corrected chi connectivity index (χ2v) is 9.66. The number of morpholine rings is 1. The van der Waals surface area contributed by atoms with Gasteiger partial charge in [-0.25, -0.2) is 4.98 Å². The molecule has 2 atom stereocenters. The maximum Gasteiger partial charge on any atom is 0.197 e. The number of halogens is 1. The molecule has 5 rings (SSSR count). The first-order valence-electron chi connectivity index (χ1n) is 11.4. The van der Waals surface area contributed by atoms with E-state index in [9.17, 15) is 0 Å². The largest absolute Gasteiger partial charge is 0.446 e. The second kappa shape index (κ2) is 8.99. The molecular weight excluding hydrogens is 398 g/mol. The molecule has 1 aliphatic carbocycles. The normalized spacial score (nSPS) is 30.9. The van der Waals surface area contributed by atoms with Gasteiger partial charge in [-0.2, -0.15) is 0 Å². The predicted octanol–water partition coefficient (Wildman–Crippen LogP) is 4.29. The Morgan fingerprint density at radius 2 is 1.87 bits per heavy atom. The molecule has 1 aromatic carbocycles. The molecule has 1 saturated carbocycles. The van der Waals surface area contributed by atoms with E-state index in [1.807, 2.05) is 25.3 Å². The number of nitrogens with zero attached hydrogens (tertiary/aromatic N) is 3. The van der Waals surface area contributed by atoms with Crippen molar-refractivity contribution in [3.8, 4) is 0 Å². The average Bonchev–Trinajstić information content (AvgIpc) is 3.21. The Kier molecular flexibility index (Phi) is 6.15. The summed E-state index contributed by atoms with van der Waals surface area (Å²) in [5.41, 5.74) is 1.38. The zero-order valence-electron chi connectivity index (χ0n) is 17.8. The smallest absolute Gasteiger partial charge is 0.197 e. The van der Waals surface area contributed by atoms with Gasteiger partial charge < -0.3 is 9.15 Å². The lowest BCUT2D eigenvalue weighted by molar-refractivity contribution is -0.0784. The summed E-state index contributed by atoms with van der Waals surface area (Å²) in [4.78, 5) is 9.96. The Hall–Kier alpha value is -1.40. The molecule has 1 aromatic heterocycles. The molecule has 3 aliphatic rings. The van der Waals surface area contributed by atoms with Gasteiger partial charge in [-0.1, -0.05) is 23.7 Å². The highest BCUT2D eigenvalue weighted by molar-refractivity contribution is 6.30. The van der Waals surface area contributed by atoms with Crippen molar-refractivity contribution < 1.29 is 9.15 Å². The van der Waals surface area contributed by atoms with Gasteiger partial charge in [0, 0.05) is 48.7 Å². The highest BCUT2D eigenvalue weighted by Gasteiger charge is 2.40. The summed E-state index contributed by atoms with van der Waals surface area (Å²) in [5.74, 6) is 2.33. The van der Waals surface area contributed by atoms with E-state index >= 15 is 0 Å². The molecule has 0 radical (unpaired) electrons. The summed E-state index contributed by atoms with van der Waals surface area (Å²) in [5, 5.41) is 0.813. The highest BCUT2D eigenvalue weighted by Crippen LogP contribution is 2.36. The first kappa shape index (κ1) is 20.5. The van der Waals surface area contributed by atoms with Gasteiger partial charge in [0.2, 0.25) is 0 Å². The van der Waals surface area contributed by atoms with Crippen molar-refractivity contribution in [3.05, 3.63) is 52.7 Å². The van der Waals surface area contributed by atoms with Crippen LogP contribution in [0.2, 0.25) is 5.02 Å². The van der Waals surface area contributed by atoms with Crippen LogP contribution in [0.5, 0.6) is 0 Å². The minimum atomic E-state index is 0.476. The molecule has 3 heterocycles. The average molecular weight is 430 g/mol. The van der Waals surface area contributed by atoms with E-state index in [1.54, 1.807) is 0 Å². The van der Waals surface area contributed by atoms with E-state index in [-0.39, 0.29) is 0 Å². The number of aryl methyl sites for hydroxylation is 1. The van der Waals surface area contributed by atoms with Crippen LogP contribution in [0.25, 0.3) is 0 Å². The van der Waals surface area contributed by atoms with Gasteiger partial charge in [-0.05, 0) is 56.7 Å². The van der Waals surface area contributed by atoms with Crippen LogP contribution in [0.1, 0.15) is 48.8 Å². The molecule has 0 amide bonds. The fraction of sp³-hybridized carbons (Fsp3) is 0.625. The number of hydrogen-bond donors (Lipinski definition) is 0. The van der Waals surface area contributed by atoms with Gasteiger partial charge in [-0.15, -0.1) is 0 Å². The van der Waals surface area contributed by atoms with Gasteiger partial charge in [0.25, 0.3) is 0 Å². The van der Waals surface area contributed by atoms with E-state index in [0.717, 1.165) is 55.9 Å². The van der Waals surface area contributed by atoms with Crippen LogP contribution >= 0.6 is 11.6 Å². The Balaban J connectivity index is 1.29. The summed E-state index contributed by atoms with van der Waals surface area (Å²) >= 11 is 6.12. The second-order valence-electron chi connectivity index (χ2n) is 9.22. The first-order valence-corrected chi connectivity index (χ1v) is 11.8. The minimum Gasteiger partial charge on any atom is -0.446 e. The molecule has 2 aromatic rings. The highest BCUT2D eigenvalue weighted by atomic mass is 35.5. The van der Waals surface area contributed by atoms with Gasteiger partial charge in [0.05, 0.1) is 19.4 Å². The lowest BCUT2D eigenvalue weighted by atomic mass is 9.83. The molecule has 0 bridgehead atoms. The van der Waals surface area contributed by atoms with Gasteiger partial charge in [-0.3, -0.25) is 9.80 Å². The SMILES string of the molecule is Cc1cnc(C2CCC(N3CC4COCCN4CC3Cc3ccc(Cl)cc3)CC2)o1. The topological polar surface area (TPSA) is 41.7 Å². The molecule has 6 heteroatoms. The lowest BCUT2D eigenvalue weighted by Crippen LogP contribution is -2.64. The standard InChI is InChI=1S/C24H32ClN3O2/c1-17-13-26-24(30-17)19-4-8-21(9-5-19)28-15-23-16-29-11-10-27(23)14-22(28)12-18-2-6-20(25)7-3-18/h2-3,6-7,13,19,21-23H,4-5,8-12,14-16H2,1H3. The third kappa shape index (κ3) is 4.45. The van der Waals surface area contributed by atoms with Crippen LogP contribution < -0.4 is 0 Å². The number of piperazine rings is 1. The predicted molar refractivity (Wildman–Crippen MR) is 118 cm³/mol. The van der Waals surface area contributed by atoms with E-state index in [1.165, 1.54) is 31.2 Å². The molecule has 162 valence electrons. The summed E-state index contributed by atoms with van der Waals surface area (Å²) in [6.07, 6.45) is 7.71. The van der Waals surface area contributed by atoms with Crippen molar-refractivity contribution in [2.75, 3.05) is 32.8 Å². The Morgan fingerprint density at radius 1 is 1.07 bits per heavy atom. The van der Waals surface area contributed by atoms with E-state index in [4.69, 9.17) is 20.8 Å². The van der Waals surface area contributed by atoms with Crippen LogP contribution in [-0.2, 0) is 11.2 Å². The van der Waals surface area contributed by atoms with Crippen LogP contribution in [0.15, 0.2) is 34.9 Å². The molecule has 30 heavy (non-hydrogen) atoms. The van der Waals surface area contributed by atoms with Crippen molar-refractivity contribution in [1.82, 2.24) is 14.8 Å². The third-order valence-electron chi connectivity index (χ3n) is 7.22. The number of hydrogen-bond acceptors (Lipinski definition) is 5. The molecule has 0 spiro atoms. The lowest BCUT2D eigenvalue weighted by Gasteiger charge is -2.51. The van der Waals surface area contributed by atoms with Gasteiger partial charge in [0.1, 0.15) is 5.76 Å². The number of oxazole rings is 1. The van der Waals surface area contributed by atoms with Gasteiger partial charge in [0.15, 0.2) is 5.89 Å². The third-order valence-corrected chi connectivity index (χ3v) is 7.48. The minimum absolute atomic E-state index is 0.476. The van der Waals surface area contributed by atoms with Crippen LogP contribution in [0.3, 0.4) is 0 Å². The molecule has 2 unspecified atom stereocenters. The summed E-state index contributed by atoms with van der Waals surface area (Å²) in [7, 11) is 0. The number of fused-ring (bicyclic) bond motifs is 1. The Labute approximate surface area is 184 Å². The number of aromatic nitrogens is 1. The molecule has 0 N–H and O–H groups in total. The molecule has 2 aliphatic heterocycles. The zero-order valence-corrected chi connectivity index (χ0v) is 18.6. The van der Waals surface area contributed by atoms with E-state index in [2.05, 4.69) is 26.9 Å². The zero-order chi connectivity index (χ0) is 20.5. The molecular formula is C24H32ClN3O2. The van der Waals surface area contributed by atoms with Crippen molar-refractivity contribution in [2.24, 2.45) is 0 Å². The Bertz CT molecular complexity index is 831. The van der Waals surface area contributed by atoms with Crippen molar-refractivity contribution in [2.45, 2.75) is 63.1 Å². The number of benzene rings is 1. The fourth-order valence-electron chi connectivity index (χ4n) is 5.60. The van der Waals surface area contributed by atoms with Crippen molar-refractivity contribution >= 4 is 11.6 Å². The monoisotopic (exact) mass is 429 g/mol. The summed E-state index contributed by atoms with van der Waals surface area (Å²) < 4.78 is 11.6. The maximum absolute atomic E-state index is 6.12. The van der Waals surface area contributed by atoms with Crippen LogP contribution in [-0.4, -0.2) is 65.8 Å². The summed E-state index contributed by atoms with van der Waals surface area (Å²) in [6, 6.07) is 10.1. The van der Waals surface area contributed by atoms with Crippen LogP contribution in [0, 0.1) is 6.92 Å². The molecule has 2 saturated heterocycles. The number of rotatable bonds is 4. The molecule has 3 fully saturated rings. The van der Waals surface area contributed by atoms with Crippen LogP contribution in [0.4, 0.5) is 0 Å². The van der Waals surface area contributed by atoms with Crippen molar-refractivity contribution in [3.63, 3.8) is 0 Å². The Morgan fingerprint density at radius 3 is 2.60 bits per heavy atom. The summed E-state index contributed by atoms with van der Waals surface area (Å²) in [6.45, 7) is 7.03. The number of ether oxygens (including phenoxy) is 1. The van der Waals surface area contributed by atoms with Crippen molar-refractivity contribution in [1.29, 1.82) is 0 Å². The van der Waals surface area contributed by atoms with E-state index in [0.29, 0.717) is 24.0 Å². The van der Waals surface area contributed by atoms with E-state index < -0.39 is 0 Å². The van der Waals surface area contributed by atoms with Gasteiger partial charge >= 0.3 is 0 Å². The maximum atomic E-state index is 6.12. The quantitative estimate of drug-likeness (QED) is 0.725. The first-order chi connectivity index (χ1) is 14.7. The fourth-order valence-corrected chi connectivity index (χ4v) is 5.73.